The van der Waals surface area contributed by atoms with Crippen molar-refractivity contribution in [1.82, 2.24) is 4.90 Å². The lowest BCUT2D eigenvalue weighted by atomic mass is 10.1. The zero-order valence-electron chi connectivity index (χ0n) is 11.2. The van der Waals surface area contributed by atoms with Crippen molar-refractivity contribution in [1.29, 1.82) is 0 Å². The van der Waals surface area contributed by atoms with E-state index in [0.717, 1.165) is 11.1 Å². The van der Waals surface area contributed by atoms with Crippen LogP contribution in [0.1, 0.15) is 0 Å². The Morgan fingerprint density at radius 2 is 2.14 bits per heavy atom. The Bertz CT molecular complexity index is 539. The second-order valence-electron chi connectivity index (χ2n) is 4.00. The van der Waals surface area contributed by atoms with Gasteiger partial charge in [-0.3, -0.25) is 0 Å². The highest BCUT2D eigenvalue weighted by Crippen LogP contribution is 2.29. The molecule has 0 amide bonds. The molecule has 1 rings (SSSR count). The second kappa shape index (κ2) is 7.17. The Hall–Kier alpha value is -1.22. The Labute approximate surface area is 132 Å². The molecule has 0 radical (unpaired) electrons. The van der Waals surface area contributed by atoms with E-state index >= 15 is 0 Å². The van der Waals surface area contributed by atoms with Crippen molar-refractivity contribution in [3.8, 4) is 0 Å². The van der Waals surface area contributed by atoms with Crippen molar-refractivity contribution in [2.24, 2.45) is 5.16 Å². The van der Waals surface area contributed by atoms with Gasteiger partial charge in [0, 0.05) is 24.3 Å². The topological polar surface area (TPSA) is 41.9 Å². The summed E-state index contributed by atoms with van der Waals surface area (Å²) in [6.45, 7) is 3.60. The van der Waals surface area contributed by atoms with Crippen molar-refractivity contribution in [3.63, 3.8) is 0 Å². The fourth-order valence-corrected chi connectivity index (χ4v) is 2.95. The first-order valence-corrected chi connectivity index (χ1v) is 7.35. The number of thioether (sulfide) groups is 1. The zero-order valence-corrected chi connectivity index (χ0v) is 13.6. The first-order valence-electron chi connectivity index (χ1n) is 5.58. The number of halogens is 4. The SMILES string of the molecule is C=C/C(Br)=C(\SC/C=C1\C(=O)ON=C1C(F)(F)F)N(C)C. The van der Waals surface area contributed by atoms with Crippen LogP contribution in [0.4, 0.5) is 13.2 Å². The van der Waals surface area contributed by atoms with Gasteiger partial charge in [-0.1, -0.05) is 23.9 Å². The minimum absolute atomic E-state index is 0.149. The maximum atomic E-state index is 12.6. The van der Waals surface area contributed by atoms with Gasteiger partial charge in [0.2, 0.25) is 0 Å². The lowest BCUT2D eigenvalue weighted by molar-refractivity contribution is -0.136. The average Bonchev–Trinajstić information content (AvgIpc) is 2.74. The second-order valence-corrected chi connectivity index (χ2v) is 5.86. The van der Waals surface area contributed by atoms with E-state index in [0.29, 0.717) is 4.48 Å². The van der Waals surface area contributed by atoms with Gasteiger partial charge in [-0.2, -0.15) is 13.2 Å². The molecule has 0 atom stereocenters. The molecule has 4 nitrogen and oxygen atoms in total. The number of rotatable bonds is 5. The summed E-state index contributed by atoms with van der Waals surface area (Å²) in [5, 5.41) is 3.53. The van der Waals surface area contributed by atoms with Crippen molar-refractivity contribution in [3.05, 3.63) is 33.8 Å². The lowest BCUT2D eigenvalue weighted by Gasteiger charge is -2.17. The highest BCUT2D eigenvalue weighted by molar-refractivity contribution is 9.12. The van der Waals surface area contributed by atoms with Crippen LogP contribution in [0.5, 0.6) is 0 Å². The number of allylic oxidation sites excluding steroid dienone is 2. The molecular weight excluding hydrogens is 373 g/mol. The highest BCUT2D eigenvalue weighted by atomic mass is 79.9. The predicted molar refractivity (Wildman–Crippen MR) is 80.0 cm³/mol. The number of carbonyl (C=O) groups is 1. The first kappa shape index (κ1) is 17.8. The van der Waals surface area contributed by atoms with Crippen LogP contribution >= 0.6 is 27.7 Å². The van der Waals surface area contributed by atoms with Gasteiger partial charge in [0.25, 0.3) is 0 Å². The molecule has 0 bridgehead atoms. The molecule has 1 heterocycles. The third-order valence-corrected chi connectivity index (χ3v) is 4.41. The molecule has 0 aromatic rings. The first-order chi connectivity index (χ1) is 9.68. The third kappa shape index (κ3) is 4.63. The van der Waals surface area contributed by atoms with Crippen LogP contribution in [-0.4, -0.2) is 42.6 Å². The number of carbonyl (C=O) groups excluding carboxylic acids is 1. The molecule has 0 saturated carbocycles. The summed E-state index contributed by atoms with van der Waals surface area (Å²) in [6.07, 6.45) is -1.99. The average molecular weight is 385 g/mol. The smallest absolute Gasteiger partial charge is 0.372 e. The van der Waals surface area contributed by atoms with Crippen molar-refractivity contribution >= 4 is 39.4 Å². The number of hydrogen-bond donors (Lipinski definition) is 0. The third-order valence-electron chi connectivity index (χ3n) is 2.26. The monoisotopic (exact) mass is 384 g/mol. The maximum Gasteiger partial charge on any atom is 0.437 e. The molecule has 21 heavy (non-hydrogen) atoms. The van der Waals surface area contributed by atoms with Crippen LogP contribution in [0, 0.1) is 0 Å². The van der Waals surface area contributed by atoms with E-state index in [-0.39, 0.29) is 5.75 Å². The van der Waals surface area contributed by atoms with E-state index in [1.165, 1.54) is 11.8 Å². The molecule has 116 valence electrons. The molecule has 0 saturated heterocycles. The van der Waals surface area contributed by atoms with Crippen LogP contribution in [-0.2, 0) is 9.63 Å². The Kier molecular flexibility index (Phi) is 6.09. The minimum atomic E-state index is -4.72. The maximum absolute atomic E-state index is 12.6. The summed E-state index contributed by atoms with van der Waals surface area (Å²) < 4.78 is 38.6. The molecule has 0 fully saturated rings. The van der Waals surface area contributed by atoms with Crippen LogP contribution in [0.25, 0.3) is 0 Å². The molecule has 0 aromatic heterocycles. The summed E-state index contributed by atoms with van der Waals surface area (Å²) >= 11 is 4.54. The molecule has 0 unspecified atom stereocenters. The summed E-state index contributed by atoms with van der Waals surface area (Å²) in [6, 6.07) is 0. The van der Waals surface area contributed by atoms with Crippen molar-refractivity contribution < 1.29 is 22.8 Å². The van der Waals surface area contributed by atoms with Gasteiger partial charge in [0.05, 0.1) is 10.6 Å². The fourth-order valence-electron chi connectivity index (χ4n) is 1.37. The lowest BCUT2D eigenvalue weighted by Crippen LogP contribution is -2.24. The quantitative estimate of drug-likeness (QED) is 0.413. The standard InChI is InChI=1S/C12H12BrF3N2O2S/c1-4-8(13)10(18(2)3)21-6-5-7-9(12(14,15)16)17-20-11(7)19/h4-5H,1,6H2,2-3H3/b7-5-,10-8+. The molecule has 1 aliphatic rings. The molecule has 0 spiro atoms. The van der Waals surface area contributed by atoms with Crippen LogP contribution in [0.15, 0.2) is 39.0 Å². The largest absolute Gasteiger partial charge is 0.437 e. The Balaban J connectivity index is 2.87. The van der Waals surface area contributed by atoms with Crippen molar-refractivity contribution in [2.45, 2.75) is 6.18 Å². The van der Waals surface area contributed by atoms with E-state index in [9.17, 15) is 18.0 Å². The predicted octanol–water partition coefficient (Wildman–Crippen LogP) is 3.43. The molecule has 0 aromatic carbocycles. The van der Waals surface area contributed by atoms with E-state index in [1.54, 1.807) is 25.1 Å². The highest BCUT2D eigenvalue weighted by Gasteiger charge is 2.45. The van der Waals surface area contributed by atoms with Gasteiger partial charge >= 0.3 is 12.1 Å². The summed E-state index contributed by atoms with van der Waals surface area (Å²) in [5.41, 5.74) is -1.87. The van der Waals surface area contributed by atoms with Crippen LogP contribution in [0.3, 0.4) is 0 Å². The number of oxime groups is 1. The summed E-state index contributed by atoms with van der Waals surface area (Å²) in [4.78, 5) is 17.1. The van der Waals surface area contributed by atoms with Crippen LogP contribution < -0.4 is 0 Å². The minimum Gasteiger partial charge on any atom is -0.372 e. The number of alkyl halides is 3. The zero-order chi connectivity index (χ0) is 16.2. The molecule has 0 aliphatic carbocycles. The number of hydrogen-bond acceptors (Lipinski definition) is 5. The van der Waals surface area contributed by atoms with E-state index < -0.39 is 23.4 Å². The van der Waals surface area contributed by atoms with Crippen molar-refractivity contribution in [2.75, 3.05) is 19.8 Å². The Morgan fingerprint density at radius 1 is 1.52 bits per heavy atom. The van der Waals surface area contributed by atoms with Gasteiger partial charge in [-0.25, -0.2) is 4.79 Å². The Morgan fingerprint density at radius 3 is 2.62 bits per heavy atom. The van der Waals surface area contributed by atoms with E-state index in [1.807, 2.05) is 0 Å². The van der Waals surface area contributed by atoms with Gasteiger partial charge < -0.3 is 9.74 Å². The number of nitrogens with zero attached hydrogens (tertiary/aromatic N) is 2. The van der Waals surface area contributed by atoms with Gasteiger partial charge in [0.15, 0.2) is 5.71 Å². The van der Waals surface area contributed by atoms with E-state index in [4.69, 9.17) is 0 Å². The van der Waals surface area contributed by atoms with Gasteiger partial charge in [-0.15, -0.1) is 11.8 Å². The molecular formula is C12H12BrF3N2O2S. The summed E-state index contributed by atoms with van der Waals surface area (Å²) in [7, 11) is 3.57. The van der Waals surface area contributed by atoms with Gasteiger partial charge in [-0.05, 0) is 15.9 Å². The molecule has 1 aliphatic heterocycles. The van der Waals surface area contributed by atoms with Crippen LogP contribution in [0.2, 0.25) is 0 Å². The molecule has 0 N–H and O–H groups in total. The molecule has 9 heteroatoms. The fraction of sp³-hybridized carbons (Fsp3) is 0.333. The van der Waals surface area contributed by atoms with E-state index in [2.05, 4.69) is 32.5 Å². The normalized spacial score (nSPS) is 18.3. The van der Waals surface area contributed by atoms with Gasteiger partial charge in [0.1, 0.15) is 0 Å². The summed E-state index contributed by atoms with van der Waals surface area (Å²) in [5.74, 6) is -0.947.